The van der Waals surface area contributed by atoms with E-state index in [0.717, 1.165) is 27.5 Å². The summed E-state index contributed by atoms with van der Waals surface area (Å²) in [5.74, 6) is 0.638. The number of para-hydroxylation sites is 2. The zero-order chi connectivity index (χ0) is 19.8. The van der Waals surface area contributed by atoms with E-state index in [9.17, 15) is 9.59 Å². The second kappa shape index (κ2) is 6.84. The third-order valence-electron chi connectivity index (χ3n) is 4.86. The number of rotatable bonds is 4. The number of anilines is 1. The molecule has 28 heavy (non-hydrogen) atoms. The second-order valence-corrected chi connectivity index (χ2v) is 6.59. The molecule has 0 unspecified atom stereocenters. The Balaban J connectivity index is 1.65. The highest BCUT2D eigenvalue weighted by Gasteiger charge is 2.18. The first-order chi connectivity index (χ1) is 13.5. The Kier molecular flexibility index (Phi) is 4.35. The number of nitrogens with zero attached hydrogens (tertiary/aromatic N) is 1. The zero-order valence-corrected chi connectivity index (χ0v) is 15.8. The van der Waals surface area contributed by atoms with Crippen molar-refractivity contribution >= 4 is 33.9 Å². The van der Waals surface area contributed by atoms with Gasteiger partial charge in [-0.15, -0.1) is 0 Å². The number of amides is 1. The van der Waals surface area contributed by atoms with Crippen LogP contribution in [0.25, 0.3) is 22.0 Å². The molecule has 0 aliphatic rings. The summed E-state index contributed by atoms with van der Waals surface area (Å²) >= 11 is 0. The molecule has 0 bridgehead atoms. The summed E-state index contributed by atoms with van der Waals surface area (Å²) in [6, 6.07) is 11.1. The standard InChI is InChI=1S/C21H19N3O4/c1-11-13-8-9-17(27-3)12(2)19(13)28-20(26)14(11)10-18(25)24-21-22-15-6-4-5-7-16(15)23-21/h4-9H,10H2,1-3H3,(H2,22,23,24,25). The Morgan fingerprint density at radius 3 is 2.71 bits per heavy atom. The molecule has 0 fully saturated rings. The number of H-pyrrole nitrogens is 1. The normalized spacial score (nSPS) is 11.1. The molecule has 0 spiro atoms. The first-order valence-electron chi connectivity index (χ1n) is 8.82. The smallest absolute Gasteiger partial charge is 0.340 e. The fourth-order valence-electron chi connectivity index (χ4n) is 3.35. The van der Waals surface area contributed by atoms with Crippen molar-refractivity contribution in [3.05, 3.63) is 63.5 Å². The van der Waals surface area contributed by atoms with Gasteiger partial charge in [0.15, 0.2) is 0 Å². The second-order valence-electron chi connectivity index (χ2n) is 6.59. The maximum atomic E-state index is 12.5. The van der Waals surface area contributed by atoms with Gasteiger partial charge in [-0.25, -0.2) is 9.78 Å². The van der Waals surface area contributed by atoms with Gasteiger partial charge in [0.25, 0.3) is 0 Å². The first kappa shape index (κ1) is 17.8. The minimum atomic E-state index is -0.527. The van der Waals surface area contributed by atoms with Gasteiger partial charge in [0.1, 0.15) is 11.3 Å². The maximum absolute atomic E-state index is 12.5. The highest BCUT2D eigenvalue weighted by atomic mass is 16.5. The molecule has 4 aromatic rings. The number of hydrogen-bond donors (Lipinski definition) is 2. The predicted molar refractivity (Wildman–Crippen MR) is 107 cm³/mol. The van der Waals surface area contributed by atoms with Crippen molar-refractivity contribution in [1.29, 1.82) is 0 Å². The number of carbonyl (C=O) groups is 1. The zero-order valence-electron chi connectivity index (χ0n) is 15.8. The van der Waals surface area contributed by atoms with Gasteiger partial charge in [-0.2, -0.15) is 0 Å². The number of hydrogen-bond acceptors (Lipinski definition) is 5. The third-order valence-corrected chi connectivity index (χ3v) is 4.86. The summed E-state index contributed by atoms with van der Waals surface area (Å²) < 4.78 is 10.8. The van der Waals surface area contributed by atoms with Crippen LogP contribution in [0.4, 0.5) is 5.95 Å². The monoisotopic (exact) mass is 377 g/mol. The Morgan fingerprint density at radius 1 is 1.18 bits per heavy atom. The molecular formula is C21H19N3O4. The van der Waals surface area contributed by atoms with Crippen LogP contribution in [0.5, 0.6) is 5.75 Å². The molecule has 0 saturated carbocycles. The Labute approximate surface area is 160 Å². The Bertz CT molecular complexity index is 1240. The predicted octanol–water partition coefficient (Wildman–Crippen LogP) is 3.48. The lowest BCUT2D eigenvalue weighted by Gasteiger charge is -2.11. The van der Waals surface area contributed by atoms with Crippen molar-refractivity contribution in [3.63, 3.8) is 0 Å². The quantitative estimate of drug-likeness (QED) is 0.531. The first-order valence-corrected chi connectivity index (χ1v) is 8.82. The van der Waals surface area contributed by atoms with Gasteiger partial charge in [-0.05, 0) is 43.7 Å². The Morgan fingerprint density at radius 2 is 1.96 bits per heavy atom. The molecule has 0 aliphatic carbocycles. The molecule has 2 N–H and O–H groups in total. The summed E-state index contributed by atoms with van der Waals surface area (Å²) in [6.45, 7) is 3.65. The number of nitrogens with one attached hydrogen (secondary N) is 2. The molecule has 142 valence electrons. The molecule has 0 radical (unpaired) electrons. The molecule has 1 amide bonds. The summed E-state index contributed by atoms with van der Waals surface area (Å²) in [6.07, 6.45) is -0.105. The molecule has 7 nitrogen and oxygen atoms in total. The SMILES string of the molecule is COc1ccc2c(C)c(CC(=O)Nc3nc4ccccc4[nH]3)c(=O)oc2c1C. The minimum absolute atomic E-state index is 0.105. The van der Waals surface area contributed by atoms with E-state index < -0.39 is 5.63 Å². The number of ether oxygens (including phenoxy) is 1. The fourth-order valence-corrected chi connectivity index (χ4v) is 3.35. The average molecular weight is 377 g/mol. The van der Waals surface area contributed by atoms with Crippen molar-refractivity contribution < 1.29 is 13.9 Å². The lowest BCUT2D eigenvalue weighted by atomic mass is 10.0. The van der Waals surface area contributed by atoms with Gasteiger partial charge in [0.05, 0.1) is 30.1 Å². The van der Waals surface area contributed by atoms with E-state index in [0.29, 0.717) is 22.8 Å². The number of imidazole rings is 1. The third kappa shape index (κ3) is 3.00. The molecule has 0 atom stereocenters. The Hall–Kier alpha value is -3.61. The number of aromatic amines is 1. The summed E-state index contributed by atoms with van der Waals surface area (Å²) in [4.78, 5) is 32.4. The highest BCUT2D eigenvalue weighted by Crippen LogP contribution is 2.29. The van der Waals surface area contributed by atoms with Crippen LogP contribution in [0.2, 0.25) is 0 Å². The topological polar surface area (TPSA) is 97.2 Å². The van der Waals surface area contributed by atoms with Gasteiger partial charge in [0.2, 0.25) is 11.9 Å². The van der Waals surface area contributed by atoms with Crippen LogP contribution in [-0.4, -0.2) is 23.0 Å². The van der Waals surface area contributed by atoms with Crippen molar-refractivity contribution in [2.45, 2.75) is 20.3 Å². The van der Waals surface area contributed by atoms with E-state index in [2.05, 4.69) is 15.3 Å². The van der Waals surface area contributed by atoms with Gasteiger partial charge < -0.3 is 14.1 Å². The van der Waals surface area contributed by atoms with Crippen LogP contribution >= 0.6 is 0 Å². The van der Waals surface area contributed by atoms with Crippen LogP contribution in [0, 0.1) is 13.8 Å². The van der Waals surface area contributed by atoms with E-state index in [1.165, 1.54) is 0 Å². The van der Waals surface area contributed by atoms with Gasteiger partial charge in [-0.3, -0.25) is 10.1 Å². The molecule has 0 aliphatic heterocycles. The lowest BCUT2D eigenvalue weighted by molar-refractivity contribution is -0.115. The average Bonchev–Trinajstić information content (AvgIpc) is 3.08. The van der Waals surface area contributed by atoms with E-state index in [1.54, 1.807) is 7.11 Å². The molecule has 7 heteroatoms. The summed E-state index contributed by atoms with van der Waals surface area (Å²) in [7, 11) is 1.57. The molecule has 0 saturated heterocycles. The summed E-state index contributed by atoms with van der Waals surface area (Å²) in [5.41, 5.74) is 3.32. The van der Waals surface area contributed by atoms with Crippen LogP contribution in [0.1, 0.15) is 16.7 Å². The highest BCUT2D eigenvalue weighted by molar-refractivity contribution is 5.94. The van der Waals surface area contributed by atoms with Crippen LogP contribution in [0.15, 0.2) is 45.6 Å². The number of methoxy groups -OCH3 is 1. The molecule has 2 aromatic carbocycles. The van der Waals surface area contributed by atoms with Crippen molar-refractivity contribution in [2.24, 2.45) is 0 Å². The lowest BCUT2D eigenvalue weighted by Crippen LogP contribution is -2.21. The molecule has 4 rings (SSSR count). The fraction of sp³-hybridized carbons (Fsp3) is 0.190. The minimum Gasteiger partial charge on any atom is -0.496 e. The largest absolute Gasteiger partial charge is 0.496 e. The van der Waals surface area contributed by atoms with Gasteiger partial charge in [0, 0.05) is 10.9 Å². The van der Waals surface area contributed by atoms with Crippen LogP contribution < -0.4 is 15.7 Å². The van der Waals surface area contributed by atoms with Crippen LogP contribution in [0.3, 0.4) is 0 Å². The number of carbonyl (C=O) groups excluding carboxylic acids is 1. The van der Waals surface area contributed by atoms with Gasteiger partial charge >= 0.3 is 5.63 Å². The van der Waals surface area contributed by atoms with E-state index >= 15 is 0 Å². The van der Waals surface area contributed by atoms with Crippen LogP contribution in [-0.2, 0) is 11.2 Å². The number of aryl methyl sites for hydroxylation is 2. The van der Waals surface area contributed by atoms with Gasteiger partial charge in [-0.1, -0.05) is 12.1 Å². The van der Waals surface area contributed by atoms with E-state index in [-0.39, 0.29) is 12.3 Å². The van der Waals surface area contributed by atoms with Crippen molar-refractivity contribution in [3.8, 4) is 5.75 Å². The molecule has 2 aromatic heterocycles. The number of fused-ring (bicyclic) bond motifs is 2. The molecular weight excluding hydrogens is 358 g/mol. The van der Waals surface area contributed by atoms with E-state index in [1.807, 2.05) is 50.2 Å². The molecule has 2 heterocycles. The van der Waals surface area contributed by atoms with Crippen molar-refractivity contribution in [2.75, 3.05) is 12.4 Å². The maximum Gasteiger partial charge on any atom is 0.340 e. The van der Waals surface area contributed by atoms with Crippen molar-refractivity contribution in [1.82, 2.24) is 9.97 Å². The summed E-state index contributed by atoms with van der Waals surface area (Å²) in [5, 5.41) is 3.49. The van der Waals surface area contributed by atoms with E-state index in [4.69, 9.17) is 9.15 Å². The number of aromatic nitrogens is 2. The number of benzene rings is 2.